The summed E-state index contributed by atoms with van der Waals surface area (Å²) in [6.45, 7) is 0. The molecule has 1 atom stereocenters. The van der Waals surface area contributed by atoms with Crippen molar-refractivity contribution < 1.29 is 8.78 Å². The molecule has 0 aliphatic rings. The Morgan fingerprint density at radius 3 is 2.71 bits per heavy atom. The Morgan fingerprint density at radius 1 is 1.35 bits per heavy atom. The minimum atomic E-state index is -0.878. The van der Waals surface area contributed by atoms with E-state index in [1.807, 2.05) is 11.4 Å². The Kier molecular flexibility index (Phi) is 3.88. The molecule has 2 aromatic rings. The summed E-state index contributed by atoms with van der Waals surface area (Å²) >= 11 is 4.78. The number of benzene rings is 1. The predicted octanol–water partition coefficient (Wildman–Crippen LogP) is 3.34. The van der Waals surface area contributed by atoms with Crippen molar-refractivity contribution in [3.63, 3.8) is 0 Å². The van der Waals surface area contributed by atoms with Crippen molar-refractivity contribution in [2.45, 2.75) is 6.04 Å². The topological polar surface area (TPSA) is 38.0 Å². The third-order valence-electron chi connectivity index (χ3n) is 2.38. The normalized spacial score (nSPS) is 12.7. The highest BCUT2D eigenvalue weighted by Gasteiger charge is 2.19. The average molecular weight is 319 g/mol. The van der Waals surface area contributed by atoms with Crippen molar-refractivity contribution in [1.82, 2.24) is 5.43 Å². The van der Waals surface area contributed by atoms with Crippen LogP contribution < -0.4 is 11.3 Å². The van der Waals surface area contributed by atoms with Crippen LogP contribution in [0.3, 0.4) is 0 Å². The highest BCUT2D eigenvalue weighted by Crippen LogP contribution is 2.30. The van der Waals surface area contributed by atoms with Crippen LogP contribution in [0.25, 0.3) is 0 Å². The Hall–Kier alpha value is -0.820. The quantitative estimate of drug-likeness (QED) is 0.673. The standard InChI is InChI=1S/C11H9BrF2N2S/c12-9-4-6(5-17-9)11(16-15)7-2-1-3-8(13)10(7)14/h1-5,11,16H,15H2. The zero-order valence-corrected chi connectivity index (χ0v) is 11.0. The maximum Gasteiger partial charge on any atom is 0.163 e. The molecule has 1 aromatic heterocycles. The van der Waals surface area contributed by atoms with Gasteiger partial charge in [-0.1, -0.05) is 12.1 Å². The van der Waals surface area contributed by atoms with Gasteiger partial charge in [0.2, 0.25) is 0 Å². The first-order valence-corrected chi connectivity index (χ1v) is 6.44. The smallest absolute Gasteiger partial charge is 0.163 e. The minimum absolute atomic E-state index is 0.192. The fourth-order valence-corrected chi connectivity index (χ4v) is 2.79. The van der Waals surface area contributed by atoms with Crippen LogP contribution in [-0.2, 0) is 0 Å². The molecule has 6 heteroatoms. The van der Waals surface area contributed by atoms with Crippen LogP contribution in [0.5, 0.6) is 0 Å². The second-order valence-corrected chi connectivity index (χ2v) is 5.72. The van der Waals surface area contributed by atoms with Crippen molar-refractivity contribution >= 4 is 27.3 Å². The van der Waals surface area contributed by atoms with Gasteiger partial charge in [0.15, 0.2) is 11.6 Å². The van der Waals surface area contributed by atoms with Gasteiger partial charge in [0.05, 0.1) is 9.83 Å². The van der Waals surface area contributed by atoms with E-state index in [1.165, 1.54) is 23.5 Å². The van der Waals surface area contributed by atoms with Crippen molar-refractivity contribution in [2.75, 3.05) is 0 Å². The molecule has 2 rings (SSSR count). The van der Waals surface area contributed by atoms with Gasteiger partial charge in [-0.15, -0.1) is 11.3 Å². The summed E-state index contributed by atoms with van der Waals surface area (Å²) in [6.07, 6.45) is 0. The first-order chi connectivity index (χ1) is 8.13. The first kappa shape index (κ1) is 12.6. The zero-order chi connectivity index (χ0) is 12.4. The van der Waals surface area contributed by atoms with E-state index in [0.29, 0.717) is 0 Å². The molecule has 3 N–H and O–H groups in total. The second kappa shape index (κ2) is 5.22. The number of halogens is 3. The van der Waals surface area contributed by atoms with E-state index in [9.17, 15) is 8.78 Å². The Labute approximate surface area is 110 Å². The molecule has 0 bridgehead atoms. The maximum atomic E-state index is 13.7. The van der Waals surface area contributed by atoms with Crippen LogP contribution >= 0.6 is 27.3 Å². The fraction of sp³-hybridized carbons (Fsp3) is 0.0909. The summed E-state index contributed by atoms with van der Waals surface area (Å²) in [6, 6.07) is 5.30. The van der Waals surface area contributed by atoms with E-state index >= 15 is 0 Å². The predicted molar refractivity (Wildman–Crippen MR) is 67.5 cm³/mol. The third kappa shape index (κ3) is 2.55. The van der Waals surface area contributed by atoms with Crippen LogP contribution in [0.15, 0.2) is 33.4 Å². The third-order valence-corrected chi connectivity index (χ3v) is 3.90. The van der Waals surface area contributed by atoms with Crippen molar-refractivity contribution in [3.05, 3.63) is 56.2 Å². The lowest BCUT2D eigenvalue weighted by atomic mass is 10.0. The first-order valence-electron chi connectivity index (χ1n) is 4.77. The molecular weight excluding hydrogens is 310 g/mol. The lowest BCUT2D eigenvalue weighted by molar-refractivity contribution is 0.483. The summed E-state index contributed by atoms with van der Waals surface area (Å²) in [7, 11) is 0. The van der Waals surface area contributed by atoms with E-state index in [2.05, 4.69) is 21.4 Å². The molecule has 0 spiro atoms. The molecule has 1 unspecified atom stereocenters. The average Bonchev–Trinajstić information content (AvgIpc) is 2.72. The number of rotatable bonds is 3. The monoisotopic (exact) mass is 318 g/mol. The Bertz CT molecular complexity index is 530. The maximum absolute atomic E-state index is 13.7. The van der Waals surface area contributed by atoms with Crippen molar-refractivity contribution in [3.8, 4) is 0 Å². The lowest BCUT2D eigenvalue weighted by Crippen LogP contribution is -2.29. The van der Waals surface area contributed by atoms with E-state index in [1.54, 1.807) is 0 Å². The van der Waals surface area contributed by atoms with Crippen LogP contribution in [0, 0.1) is 11.6 Å². The molecule has 0 saturated heterocycles. The van der Waals surface area contributed by atoms with E-state index < -0.39 is 17.7 Å². The molecule has 1 aromatic carbocycles. The molecule has 0 amide bonds. The van der Waals surface area contributed by atoms with Gasteiger partial charge in [-0.3, -0.25) is 5.84 Å². The molecule has 1 heterocycles. The van der Waals surface area contributed by atoms with Gasteiger partial charge in [0, 0.05) is 5.56 Å². The van der Waals surface area contributed by atoms with E-state index in [4.69, 9.17) is 5.84 Å². The zero-order valence-electron chi connectivity index (χ0n) is 8.58. The van der Waals surface area contributed by atoms with Gasteiger partial charge in [-0.25, -0.2) is 14.2 Å². The molecular formula is C11H9BrF2N2S. The molecule has 0 saturated carbocycles. The van der Waals surface area contributed by atoms with Gasteiger partial charge in [-0.2, -0.15) is 0 Å². The second-order valence-electron chi connectivity index (χ2n) is 3.43. The summed E-state index contributed by atoms with van der Waals surface area (Å²) in [5.74, 6) is 3.66. The number of thiophene rings is 1. The Balaban J connectivity index is 2.45. The van der Waals surface area contributed by atoms with Gasteiger partial charge in [-0.05, 0) is 39.0 Å². The minimum Gasteiger partial charge on any atom is -0.271 e. The van der Waals surface area contributed by atoms with Crippen LogP contribution in [0.2, 0.25) is 0 Å². The largest absolute Gasteiger partial charge is 0.271 e. The number of nitrogens with one attached hydrogen (secondary N) is 1. The summed E-state index contributed by atoms with van der Waals surface area (Å²) in [4.78, 5) is 0. The van der Waals surface area contributed by atoms with Crippen LogP contribution in [-0.4, -0.2) is 0 Å². The number of hydrogen-bond acceptors (Lipinski definition) is 3. The molecule has 0 fully saturated rings. The van der Waals surface area contributed by atoms with E-state index in [0.717, 1.165) is 15.4 Å². The molecule has 17 heavy (non-hydrogen) atoms. The molecule has 2 nitrogen and oxygen atoms in total. The van der Waals surface area contributed by atoms with Gasteiger partial charge in [0.25, 0.3) is 0 Å². The molecule has 0 aliphatic heterocycles. The highest BCUT2D eigenvalue weighted by molar-refractivity contribution is 9.11. The molecule has 90 valence electrons. The summed E-state index contributed by atoms with van der Waals surface area (Å²) in [5, 5.41) is 1.83. The fourth-order valence-electron chi connectivity index (χ4n) is 1.58. The number of hydrogen-bond donors (Lipinski definition) is 2. The van der Waals surface area contributed by atoms with Gasteiger partial charge in [0.1, 0.15) is 0 Å². The van der Waals surface area contributed by atoms with Crippen LogP contribution in [0.1, 0.15) is 17.2 Å². The molecule has 0 radical (unpaired) electrons. The lowest BCUT2D eigenvalue weighted by Gasteiger charge is -2.16. The van der Waals surface area contributed by atoms with Gasteiger partial charge >= 0.3 is 0 Å². The van der Waals surface area contributed by atoms with Gasteiger partial charge < -0.3 is 0 Å². The molecule has 0 aliphatic carbocycles. The summed E-state index contributed by atoms with van der Waals surface area (Å²) in [5.41, 5.74) is 3.47. The van der Waals surface area contributed by atoms with Crippen molar-refractivity contribution in [2.24, 2.45) is 5.84 Å². The number of nitrogens with two attached hydrogens (primary N) is 1. The SMILES string of the molecule is NNC(c1csc(Br)c1)c1cccc(F)c1F. The highest BCUT2D eigenvalue weighted by atomic mass is 79.9. The summed E-state index contributed by atoms with van der Waals surface area (Å²) < 4.78 is 27.7. The van der Waals surface area contributed by atoms with Crippen molar-refractivity contribution in [1.29, 1.82) is 0 Å². The number of hydrazine groups is 1. The Morgan fingerprint density at radius 2 is 2.12 bits per heavy atom. The van der Waals surface area contributed by atoms with E-state index in [-0.39, 0.29) is 5.56 Å². The van der Waals surface area contributed by atoms with Crippen LogP contribution in [0.4, 0.5) is 8.78 Å².